The Kier molecular flexibility index (Phi) is 13.4. The van der Waals surface area contributed by atoms with Crippen LogP contribution in [-0.4, -0.2) is 5.78 Å². The number of unbranched alkanes of at least 4 members (excludes halogenated alkanes) is 10. The molecule has 0 radical (unpaired) electrons. The lowest BCUT2D eigenvalue weighted by molar-refractivity contribution is -0.119. The molecule has 0 amide bonds. The second-order valence-electron chi connectivity index (χ2n) is 7.16. The van der Waals surface area contributed by atoms with E-state index in [1.165, 1.54) is 69.8 Å². The normalized spacial score (nSPS) is 10.9. The van der Waals surface area contributed by atoms with E-state index in [1.807, 2.05) is 6.07 Å². The zero-order chi connectivity index (χ0) is 17.3. The Morgan fingerprint density at radius 3 is 1.75 bits per heavy atom. The van der Waals surface area contributed by atoms with Gasteiger partial charge in [-0.3, -0.25) is 4.79 Å². The Balaban J connectivity index is 1.82. The van der Waals surface area contributed by atoms with E-state index in [0.717, 1.165) is 32.1 Å². The van der Waals surface area contributed by atoms with Crippen molar-refractivity contribution in [2.75, 3.05) is 0 Å². The van der Waals surface area contributed by atoms with Crippen molar-refractivity contribution in [3.05, 3.63) is 35.9 Å². The maximum atomic E-state index is 11.9. The molecule has 1 rings (SSSR count). The minimum Gasteiger partial charge on any atom is -0.300 e. The van der Waals surface area contributed by atoms with Gasteiger partial charge in [0, 0.05) is 12.8 Å². The molecule has 24 heavy (non-hydrogen) atoms. The van der Waals surface area contributed by atoms with Gasteiger partial charge in [0.2, 0.25) is 0 Å². The molecule has 1 aromatic carbocycles. The predicted octanol–water partition coefficient (Wildman–Crippen LogP) is 7.28. The van der Waals surface area contributed by atoms with Crippen LogP contribution in [0, 0.1) is 0 Å². The van der Waals surface area contributed by atoms with Crippen LogP contribution in [0.3, 0.4) is 0 Å². The monoisotopic (exact) mass is 330 g/mol. The summed E-state index contributed by atoms with van der Waals surface area (Å²) in [4.78, 5) is 11.9. The molecule has 0 spiro atoms. The highest BCUT2D eigenvalue weighted by Gasteiger charge is 2.02. The molecule has 1 nitrogen and oxygen atoms in total. The number of hydrogen-bond acceptors (Lipinski definition) is 1. The first-order valence-corrected chi connectivity index (χ1v) is 10.4. The molecule has 0 aliphatic heterocycles. The number of carbonyl (C=O) groups is 1. The molecule has 0 saturated heterocycles. The minimum atomic E-state index is 0.460. The summed E-state index contributed by atoms with van der Waals surface area (Å²) in [6.07, 6.45) is 18.4. The van der Waals surface area contributed by atoms with Gasteiger partial charge in [-0.2, -0.15) is 0 Å². The molecule has 0 aliphatic carbocycles. The van der Waals surface area contributed by atoms with Gasteiger partial charge in [0.15, 0.2) is 0 Å². The van der Waals surface area contributed by atoms with Gasteiger partial charge in [0.1, 0.15) is 5.78 Å². The summed E-state index contributed by atoms with van der Waals surface area (Å²) in [7, 11) is 0. The van der Waals surface area contributed by atoms with E-state index in [2.05, 4.69) is 31.2 Å². The first kappa shape index (κ1) is 20.9. The molecule has 0 atom stereocenters. The number of benzene rings is 1. The zero-order valence-corrected chi connectivity index (χ0v) is 15.9. The van der Waals surface area contributed by atoms with Gasteiger partial charge in [-0.05, 0) is 24.8 Å². The lowest BCUT2D eigenvalue weighted by atomic mass is 10.0. The van der Waals surface area contributed by atoms with Crippen molar-refractivity contribution in [1.82, 2.24) is 0 Å². The molecule has 0 heterocycles. The van der Waals surface area contributed by atoms with E-state index in [-0.39, 0.29) is 0 Å². The molecule has 1 heteroatoms. The standard InChI is InChI=1S/C23H38O/c1-2-3-4-5-6-7-8-9-10-11-15-20-23(24)21-16-19-22-17-13-12-14-18-22/h12-14,17-18H,2-11,15-16,19-21H2,1H3. The quantitative estimate of drug-likeness (QED) is 0.291. The van der Waals surface area contributed by atoms with E-state index in [1.54, 1.807) is 0 Å². The van der Waals surface area contributed by atoms with Gasteiger partial charge < -0.3 is 0 Å². The summed E-state index contributed by atoms with van der Waals surface area (Å²) in [6.45, 7) is 2.27. The highest BCUT2D eigenvalue weighted by Crippen LogP contribution is 2.13. The Morgan fingerprint density at radius 1 is 0.667 bits per heavy atom. The number of ketones is 1. The molecule has 0 N–H and O–H groups in total. The first-order valence-electron chi connectivity index (χ1n) is 10.4. The summed E-state index contributed by atoms with van der Waals surface area (Å²) in [5.41, 5.74) is 1.35. The average molecular weight is 331 g/mol. The van der Waals surface area contributed by atoms with Crippen molar-refractivity contribution >= 4 is 5.78 Å². The molecule has 136 valence electrons. The molecule has 0 bridgehead atoms. The molecule has 0 saturated carbocycles. The largest absolute Gasteiger partial charge is 0.300 e. The smallest absolute Gasteiger partial charge is 0.132 e. The van der Waals surface area contributed by atoms with Crippen LogP contribution >= 0.6 is 0 Å². The first-order chi connectivity index (χ1) is 11.8. The fraction of sp³-hybridized carbons (Fsp3) is 0.696. The number of rotatable bonds is 16. The van der Waals surface area contributed by atoms with Crippen molar-refractivity contribution in [3.8, 4) is 0 Å². The number of carbonyl (C=O) groups excluding carboxylic acids is 1. The van der Waals surface area contributed by atoms with Gasteiger partial charge >= 0.3 is 0 Å². The third-order valence-corrected chi connectivity index (χ3v) is 4.82. The summed E-state index contributed by atoms with van der Waals surface area (Å²) in [6, 6.07) is 10.5. The van der Waals surface area contributed by atoms with Gasteiger partial charge in [0.25, 0.3) is 0 Å². The lowest BCUT2D eigenvalue weighted by Crippen LogP contribution is -1.99. The Labute approximate surface area is 150 Å². The fourth-order valence-corrected chi connectivity index (χ4v) is 3.25. The van der Waals surface area contributed by atoms with Crippen molar-refractivity contribution < 1.29 is 4.79 Å². The number of Topliss-reactive ketones (excluding diaryl/α,β-unsaturated/α-hetero) is 1. The Bertz CT molecular complexity index is 396. The van der Waals surface area contributed by atoms with Crippen molar-refractivity contribution in [2.24, 2.45) is 0 Å². The third-order valence-electron chi connectivity index (χ3n) is 4.82. The third kappa shape index (κ3) is 12.3. The van der Waals surface area contributed by atoms with Crippen molar-refractivity contribution in [1.29, 1.82) is 0 Å². The summed E-state index contributed by atoms with van der Waals surface area (Å²) < 4.78 is 0. The van der Waals surface area contributed by atoms with E-state index in [4.69, 9.17) is 0 Å². The van der Waals surface area contributed by atoms with E-state index < -0.39 is 0 Å². The van der Waals surface area contributed by atoms with Crippen LogP contribution in [-0.2, 0) is 11.2 Å². The summed E-state index contributed by atoms with van der Waals surface area (Å²) in [5.74, 6) is 0.460. The maximum Gasteiger partial charge on any atom is 0.132 e. The molecular formula is C23H38O. The highest BCUT2D eigenvalue weighted by molar-refractivity contribution is 5.78. The van der Waals surface area contributed by atoms with Crippen LogP contribution in [0.15, 0.2) is 30.3 Å². The van der Waals surface area contributed by atoms with Gasteiger partial charge in [-0.25, -0.2) is 0 Å². The maximum absolute atomic E-state index is 11.9. The van der Waals surface area contributed by atoms with Gasteiger partial charge in [-0.1, -0.05) is 101 Å². The van der Waals surface area contributed by atoms with Crippen molar-refractivity contribution in [2.45, 2.75) is 103 Å². The molecule has 0 fully saturated rings. The van der Waals surface area contributed by atoms with Gasteiger partial charge in [0.05, 0.1) is 0 Å². The molecule has 0 aliphatic rings. The average Bonchev–Trinajstić information content (AvgIpc) is 2.60. The fourth-order valence-electron chi connectivity index (χ4n) is 3.25. The topological polar surface area (TPSA) is 17.1 Å². The number of hydrogen-bond donors (Lipinski definition) is 0. The molecule has 1 aromatic rings. The predicted molar refractivity (Wildman–Crippen MR) is 105 cm³/mol. The van der Waals surface area contributed by atoms with Crippen LogP contribution < -0.4 is 0 Å². The van der Waals surface area contributed by atoms with E-state index >= 15 is 0 Å². The van der Waals surface area contributed by atoms with Crippen LogP contribution in [0.4, 0.5) is 0 Å². The molecule has 0 aromatic heterocycles. The van der Waals surface area contributed by atoms with E-state index in [9.17, 15) is 4.79 Å². The zero-order valence-electron chi connectivity index (χ0n) is 15.9. The summed E-state index contributed by atoms with van der Waals surface area (Å²) in [5, 5.41) is 0. The van der Waals surface area contributed by atoms with Gasteiger partial charge in [-0.15, -0.1) is 0 Å². The van der Waals surface area contributed by atoms with Crippen LogP contribution in [0.5, 0.6) is 0 Å². The second kappa shape index (κ2) is 15.4. The summed E-state index contributed by atoms with van der Waals surface area (Å²) >= 11 is 0. The molecular weight excluding hydrogens is 292 g/mol. The molecule has 0 unspecified atom stereocenters. The lowest BCUT2D eigenvalue weighted by Gasteiger charge is -2.03. The van der Waals surface area contributed by atoms with Crippen LogP contribution in [0.2, 0.25) is 0 Å². The second-order valence-corrected chi connectivity index (χ2v) is 7.16. The van der Waals surface area contributed by atoms with Crippen LogP contribution in [0.25, 0.3) is 0 Å². The Hall–Kier alpha value is -1.11. The van der Waals surface area contributed by atoms with E-state index in [0.29, 0.717) is 5.78 Å². The minimum absolute atomic E-state index is 0.460. The highest BCUT2D eigenvalue weighted by atomic mass is 16.1. The number of aryl methyl sites for hydroxylation is 1. The van der Waals surface area contributed by atoms with Crippen LogP contribution in [0.1, 0.15) is 102 Å². The Morgan fingerprint density at radius 2 is 1.17 bits per heavy atom. The van der Waals surface area contributed by atoms with Crippen molar-refractivity contribution in [3.63, 3.8) is 0 Å². The SMILES string of the molecule is CCCCCCCCCCCCCC(=O)CCCc1ccccc1.